The summed E-state index contributed by atoms with van der Waals surface area (Å²) in [4.78, 5) is 13.0. The monoisotopic (exact) mass is 217 g/mol. The average Bonchev–Trinajstić information content (AvgIpc) is 2.64. The SMILES string of the molecule is CC(N)=O.NCc1nc(C(N)CO)no1. The van der Waals surface area contributed by atoms with Gasteiger partial charge in [0.15, 0.2) is 5.82 Å². The van der Waals surface area contributed by atoms with E-state index in [9.17, 15) is 4.79 Å². The van der Waals surface area contributed by atoms with Crippen LogP contribution in [0, 0.1) is 0 Å². The Balaban J connectivity index is 0.000000423. The minimum absolute atomic E-state index is 0.186. The summed E-state index contributed by atoms with van der Waals surface area (Å²) in [6.45, 7) is 1.29. The zero-order chi connectivity index (χ0) is 11.8. The number of nitrogens with zero attached hydrogens (tertiary/aromatic N) is 2. The molecule has 1 aromatic heterocycles. The number of primary amides is 1. The smallest absolute Gasteiger partial charge is 0.240 e. The van der Waals surface area contributed by atoms with E-state index in [0.717, 1.165) is 0 Å². The molecule has 0 fully saturated rings. The Hall–Kier alpha value is -1.51. The zero-order valence-corrected chi connectivity index (χ0v) is 8.38. The predicted octanol–water partition coefficient (Wildman–Crippen LogP) is -1.99. The average molecular weight is 217 g/mol. The molecule has 1 rings (SSSR count). The van der Waals surface area contributed by atoms with Gasteiger partial charge in [-0.25, -0.2) is 0 Å². The first-order valence-electron chi connectivity index (χ1n) is 4.16. The molecular formula is C7H15N5O3. The Morgan fingerprint density at radius 2 is 2.20 bits per heavy atom. The minimum atomic E-state index is -0.584. The number of aliphatic hydroxyl groups excluding tert-OH is 1. The molecule has 0 saturated carbocycles. The van der Waals surface area contributed by atoms with Gasteiger partial charge in [-0.05, 0) is 0 Å². The van der Waals surface area contributed by atoms with Crippen LogP contribution in [0.15, 0.2) is 4.52 Å². The highest BCUT2D eigenvalue weighted by molar-refractivity contribution is 5.70. The second-order valence-corrected chi connectivity index (χ2v) is 2.65. The number of nitrogens with two attached hydrogens (primary N) is 3. The van der Waals surface area contributed by atoms with Crippen molar-refractivity contribution in [1.29, 1.82) is 0 Å². The van der Waals surface area contributed by atoms with Crippen LogP contribution in [0.3, 0.4) is 0 Å². The van der Waals surface area contributed by atoms with Gasteiger partial charge in [0.25, 0.3) is 0 Å². The van der Waals surface area contributed by atoms with Crippen LogP contribution in [0.1, 0.15) is 24.7 Å². The van der Waals surface area contributed by atoms with Gasteiger partial charge in [0, 0.05) is 6.92 Å². The van der Waals surface area contributed by atoms with E-state index < -0.39 is 6.04 Å². The van der Waals surface area contributed by atoms with Gasteiger partial charge in [0.05, 0.1) is 19.2 Å². The molecule has 1 heterocycles. The fourth-order valence-corrected chi connectivity index (χ4v) is 0.583. The van der Waals surface area contributed by atoms with Crippen molar-refractivity contribution in [2.75, 3.05) is 6.61 Å². The lowest BCUT2D eigenvalue weighted by Gasteiger charge is -1.98. The van der Waals surface area contributed by atoms with E-state index in [1.165, 1.54) is 6.92 Å². The summed E-state index contributed by atoms with van der Waals surface area (Å²) in [5, 5.41) is 12.1. The molecule has 0 bridgehead atoms. The van der Waals surface area contributed by atoms with Gasteiger partial charge < -0.3 is 26.8 Å². The summed E-state index contributed by atoms with van der Waals surface area (Å²) in [6, 6.07) is -0.584. The lowest BCUT2D eigenvalue weighted by Crippen LogP contribution is -2.16. The van der Waals surface area contributed by atoms with Crippen molar-refractivity contribution in [3.63, 3.8) is 0 Å². The molecule has 7 N–H and O–H groups in total. The van der Waals surface area contributed by atoms with Gasteiger partial charge >= 0.3 is 0 Å². The van der Waals surface area contributed by atoms with Crippen LogP contribution in [0.2, 0.25) is 0 Å². The number of rotatable bonds is 3. The van der Waals surface area contributed by atoms with E-state index in [-0.39, 0.29) is 24.9 Å². The van der Waals surface area contributed by atoms with Crippen LogP contribution in [-0.2, 0) is 11.3 Å². The first kappa shape index (κ1) is 13.5. The number of aliphatic hydroxyl groups is 1. The molecule has 86 valence electrons. The van der Waals surface area contributed by atoms with Crippen LogP contribution in [-0.4, -0.2) is 27.8 Å². The van der Waals surface area contributed by atoms with Gasteiger partial charge in [0.2, 0.25) is 11.8 Å². The second-order valence-electron chi connectivity index (χ2n) is 2.65. The molecule has 1 amide bonds. The van der Waals surface area contributed by atoms with Gasteiger partial charge in [0.1, 0.15) is 0 Å². The Bertz CT molecular complexity index is 297. The second kappa shape index (κ2) is 6.87. The summed E-state index contributed by atoms with van der Waals surface area (Å²) in [5.74, 6) is 0.275. The van der Waals surface area contributed by atoms with Crippen LogP contribution in [0.25, 0.3) is 0 Å². The molecule has 15 heavy (non-hydrogen) atoms. The van der Waals surface area contributed by atoms with Crippen molar-refractivity contribution in [3.8, 4) is 0 Å². The quantitative estimate of drug-likeness (QED) is 0.457. The number of hydrogen-bond acceptors (Lipinski definition) is 7. The molecule has 1 aromatic rings. The third kappa shape index (κ3) is 5.73. The number of aromatic nitrogens is 2. The van der Waals surface area contributed by atoms with Crippen molar-refractivity contribution in [2.45, 2.75) is 19.5 Å². The van der Waals surface area contributed by atoms with Crippen molar-refractivity contribution >= 4 is 5.91 Å². The number of carbonyl (C=O) groups excluding carboxylic acids is 1. The number of amides is 1. The lowest BCUT2D eigenvalue weighted by atomic mass is 10.3. The maximum Gasteiger partial charge on any atom is 0.240 e. The van der Waals surface area contributed by atoms with E-state index in [1.54, 1.807) is 0 Å². The highest BCUT2D eigenvalue weighted by Gasteiger charge is 2.11. The Morgan fingerprint density at radius 1 is 1.67 bits per heavy atom. The highest BCUT2D eigenvalue weighted by atomic mass is 16.5. The highest BCUT2D eigenvalue weighted by Crippen LogP contribution is 2.03. The van der Waals surface area contributed by atoms with Gasteiger partial charge in [-0.2, -0.15) is 4.98 Å². The first-order chi connectivity index (χ1) is 7.01. The van der Waals surface area contributed by atoms with Gasteiger partial charge in [-0.1, -0.05) is 5.16 Å². The van der Waals surface area contributed by atoms with E-state index in [1.807, 2.05) is 0 Å². The van der Waals surface area contributed by atoms with E-state index >= 15 is 0 Å². The topological polar surface area (TPSA) is 154 Å². The van der Waals surface area contributed by atoms with Crippen LogP contribution in [0.5, 0.6) is 0 Å². The summed E-state index contributed by atoms with van der Waals surface area (Å²) in [6.07, 6.45) is 0. The lowest BCUT2D eigenvalue weighted by molar-refractivity contribution is -0.115. The molecule has 8 nitrogen and oxygen atoms in total. The van der Waals surface area contributed by atoms with E-state index in [0.29, 0.717) is 5.89 Å². The predicted molar refractivity (Wildman–Crippen MR) is 51.1 cm³/mol. The third-order valence-corrected chi connectivity index (χ3v) is 1.19. The molecule has 8 heteroatoms. The Labute approximate surface area is 86.4 Å². The van der Waals surface area contributed by atoms with E-state index in [4.69, 9.17) is 16.6 Å². The van der Waals surface area contributed by atoms with Crippen molar-refractivity contribution in [3.05, 3.63) is 11.7 Å². The molecule has 0 aliphatic rings. The zero-order valence-electron chi connectivity index (χ0n) is 8.38. The summed E-state index contributed by atoms with van der Waals surface area (Å²) in [7, 11) is 0. The molecule has 0 aliphatic carbocycles. The molecule has 0 aliphatic heterocycles. The maximum absolute atomic E-state index is 9.22. The third-order valence-electron chi connectivity index (χ3n) is 1.19. The van der Waals surface area contributed by atoms with Crippen LogP contribution < -0.4 is 17.2 Å². The Kier molecular flexibility index (Phi) is 6.18. The van der Waals surface area contributed by atoms with Crippen LogP contribution in [0.4, 0.5) is 0 Å². The summed E-state index contributed by atoms with van der Waals surface area (Å²) in [5.41, 5.74) is 15.1. The summed E-state index contributed by atoms with van der Waals surface area (Å²) >= 11 is 0. The van der Waals surface area contributed by atoms with Gasteiger partial charge in [-0.3, -0.25) is 4.79 Å². The molecule has 1 unspecified atom stereocenters. The maximum atomic E-state index is 9.22. The molecular weight excluding hydrogens is 202 g/mol. The summed E-state index contributed by atoms with van der Waals surface area (Å²) < 4.78 is 4.66. The first-order valence-corrected chi connectivity index (χ1v) is 4.16. The fourth-order valence-electron chi connectivity index (χ4n) is 0.583. The van der Waals surface area contributed by atoms with E-state index in [2.05, 4.69) is 20.4 Å². The van der Waals surface area contributed by atoms with Crippen molar-refractivity contribution in [1.82, 2.24) is 10.1 Å². The standard InChI is InChI=1S/C5H10N4O2.C2H5NO/c6-1-4-8-5(9-11-4)3(7)2-10;1-2(3)4/h3,10H,1-2,6-7H2;1H3,(H2,3,4). The van der Waals surface area contributed by atoms with Crippen molar-refractivity contribution in [2.24, 2.45) is 17.2 Å². The molecule has 1 atom stereocenters. The van der Waals surface area contributed by atoms with Crippen LogP contribution >= 0.6 is 0 Å². The van der Waals surface area contributed by atoms with Gasteiger partial charge in [-0.15, -0.1) is 0 Å². The Morgan fingerprint density at radius 3 is 2.53 bits per heavy atom. The molecule has 0 radical (unpaired) electrons. The minimum Gasteiger partial charge on any atom is -0.394 e. The normalized spacial score (nSPS) is 11.5. The molecule has 0 saturated heterocycles. The molecule has 0 aromatic carbocycles. The fraction of sp³-hybridized carbons (Fsp3) is 0.571. The molecule has 0 spiro atoms. The largest absolute Gasteiger partial charge is 0.394 e. The number of hydrogen-bond donors (Lipinski definition) is 4. The number of carbonyl (C=O) groups is 1. The van der Waals surface area contributed by atoms with Crippen molar-refractivity contribution < 1.29 is 14.4 Å².